The molecule has 2 rings (SSSR count). The van der Waals surface area contributed by atoms with Crippen molar-refractivity contribution in [2.24, 2.45) is 10.3 Å². The maximum absolute atomic E-state index is 11.9. The second kappa shape index (κ2) is 5.45. The van der Waals surface area contributed by atoms with Crippen LogP contribution >= 0.6 is 0 Å². The SMILES string of the molecule is C[C@H](O)C1=C(OCC2CCCC2)C=S(C)(=O)N=C1. The number of nitrogens with zero attached hydrogens (tertiary/aromatic N) is 1. The van der Waals surface area contributed by atoms with E-state index in [1.54, 1.807) is 18.5 Å². The Hall–Kier alpha value is -0.810. The Morgan fingerprint density at radius 2 is 2.22 bits per heavy atom. The van der Waals surface area contributed by atoms with Gasteiger partial charge in [0.15, 0.2) is 0 Å². The minimum absolute atomic E-state index is 0.541. The molecule has 1 aliphatic heterocycles. The summed E-state index contributed by atoms with van der Waals surface area (Å²) in [4.78, 5) is 0. The third kappa shape index (κ3) is 3.36. The number of ether oxygens (including phenoxy) is 1. The van der Waals surface area contributed by atoms with E-state index in [4.69, 9.17) is 4.74 Å². The molecule has 0 bridgehead atoms. The monoisotopic (exact) mass is 271 g/mol. The fraction of sp³-hybridized carbons (Fsp3) is 0.692. The van der Waals surface area contributed by atoms with Gasteiger partial charge in [-0.2, -0.15) is 0 Å². The highest BCUT2D eigenvalue weighted by Crippen LogP contribution is 2.26. The van der Waals surface area contributed by atoms with Crippen molar-refractivity contribution in [1.29, 1.82) is 0 Å². The smallest absolute Gasteiger partial charge is 0.136 e. The fourth-order valence-electron chi connectivity index (χ4n) is 2.34. The lowest BCUT2D eigenvalue weighted by atomic mass is 10.1. The largest absolute Gasteiger partial charge is 0.492 e. The molecule has 1 fully saturated rings. The van der Waals surface area contributed by atoms with E-state index in [0.29, 0.717) is 23.9 Å². The molecular formula is C13H21NO3S. The van der Waals surface area contributed by atoms with Gasteiger partial charge >= 0.3 is 0 Å². The first kappa shape index (κ1) is 13.6. The molecule has 5 heteroatoms. The van der Waals surface area contributed by atoms with Crippen molar-refractivity contribution in [2.45, 2.75) is 38.7 Å². The van der Waals surface area contributed by atoms with Crippen LogP contribution in [0.1, 0.15) is 32.6 Å². The fourth-order valence-corrected chi connectivity index (χ4v) is 3.32. The first-order valence-electron chi connectivity index (χ1n) is 6.42. The maximum atomic E-state index is 11.9. The lowest BCUT2D eigenvalue weighted by molar-refractivity contribution is 0.172. The van der Waals surface area contributed by atoms with Crippen LogP contribution in [0.4, 0.5) is 0 Å². The topological polar surface area (TPSA) is 58.9 Å². The number of allylic oxidation sites excluding steroid dienone is 1. The molecule has 0 aromatic carbocycles. The Labute approximate surface area is 109 Å². The highest BCUT2D eigenvalue weighted by Gasteiger charge is 2.20. The summed E-state index contributed by atoms with van der Waals surface area (Å²) < 4.78 is 21.6. The van der Waals surface area contributed by atoms with Gasteiger partial charge in [0.05, 0.1) is 27.8 Å². The van der Waals surface area contributed by atoms with Gasteiger partial charge in [0.1, 0.15) is 5.76 Å². The van der Waals surface area contributed by atoms with E-state index in [1.807, 2.05) is 0 Å². The first-order chi connectivity index (χ1) is 8.48. The summed E-state index contributed by atoms with van der Waals surface area (Å²) in [6.07, 6.45) is 7.34. The summed E-state index contributed by atoms with van der Waals surface area (Å²) in [5.74, 6) is 1.13. The van der Waals surface area contributed by atoms with E-state index in [-0.39, 0.29) is 0 Å². The highest BCUT2D eigenvalue weighted by molar-refractivity contribution is 7.99. The summed E-state index contributed by atoms with van der Waals surface area (Å²) in [7, 11) is -2.34. The second-order valence-electron chi connectivity index (χ2n) is 5.17. The average Bonchev–Trinajstić information content (AvgIpc) is 2.77. The Kier molecular flexibility index (Phi) is 4.12. The molecule has 1 aliphatic carbocycles. The van der Waals surface area contributed by atoms with Crippen LogP contribution in [-0.4, -0.2) is 39.9 Å². The van der Waals surface area contributed by atoms with Gasteiger partial charge in [0, 0.05) is 18.0 Å². The van der Waals surface area contributed by atoms with Crippen molar-refractivity contribution in [2.75, 3.05) is 12.9 Å². The van der Waals surface area contributed by atoms with Crippen molar-refractivity contribution in [3.05, 3.63) is 11.3 Å². The van der Waals surface area contributed by atoms with Gasteiger partial charge in [-0.25, -0.2) is 8.61 Å². The lowest BCUT2D eigenvalue weighted by Gasteiger charge is -2.18. The third-order valence-electron chi connectivity index (χ3n) is 3.41. The van der Waals surface area contributed by atoms with E-state index in [2.05, 4.69) is 4.40 Å². The van der Waals surface area contributed by atoms with Gasteiger partial charge in [-0.1, -0.05) is 12.8 Å². The Bertz CT molecular complexity index is 478. The van der Waals surface area contributed by atoms with E-state index in [1.165, 1.54) is 31.9 Å². The molecule has 1 N–H and O–H groups in total. The van der Waals surface area contributed by atoms with Gasteiger partial charge in [-0.3, -0.25) is 0 Å². The molecule has 4 nitrogen and oxygen atoms in total. The summed E-state index contributed by atoms with van der Waals surface area (Å²) in [5, 5.41) is 11.2. The molecule has 1 heterocycles. The standard InChI is InChI=1S/C13H21NO3S/c1-10(15)12-7-14-18(2,16)9-13(12)17-8-11-5-3-4-6-11/h7,9-11,15H,3-6,8H2,1-2H3/t10-,18?/m0/s1. The minimum Gasteiger partial charge on any atom is -0.492 e. The minimum atomic E-state index is -2.34. The molecule has 0 amide bonds. The Morgan fingerprint density at radius 1 is 1.56 bits per heavy atom. The molecule has 0 radical (unpaired) electrons. The number of hydrogen-bond acceptors (Lipinski definition) is 3. The quantitative estimate of drug-likeness (QED) is 0.789. The lowest BCUT2D eigenvalue weighted by Crippen LogP contribution is -2.19. The zero-order valence-electron chi connectivity index (χ0n) is 11.0. The molecule has 18 heavy (non-hydrogen) atoms. The molecule has 2 aliphatic rings. The molecule has 1 unspecified atom stereocenters. The van der Waals surface area contributed by atoms with Crippen LogP contribution in [0.25, 0.3) is 0 Å². The first-order valence-corrected chi connectivity index (χ1v) is 8.41. The van der Waals surface area contributed by atoms with Gasteiger partial charge in [0.25, 0.3) is 0 Å². The average molecular weight is 271 g/mol. The Morgan fingerprint density at radius 3 is 2.83 bits per heavy atom. The van der Waals surface area contributed by atoms with Crippen LogP contribution in [-0.2, 0) is 14.4 Å². The molecule has 102 valence electrons. The van der Waals surface area contributed by atoms with E-state index in [0.717, 1.165) is 0 Å². The van der Waals surface area contributed by atoms with Crippen molar-refractivity contribution < 1.29 is 14.1 Å². The summed E-state index contributed by atoms with van der Waals surface area (Å²) in [5.41, 5.74) is 0.619. The van der Waals surface area contributed by atoms with Gasteiger partial charge < -0.3 is 9.84 Å². The van der Waals surface area contributed by atoms with Crippen LogP contribution in [0.5, 0.6) is 0 Å². The zero-order valence-corrected chi connectivity index (χ0v) is 11.8. The molecule has 0 aromatic rings. The molecule has 0 spiro atoms. The maximum Gasteiger partial charge on any atom is 0.136 e. The summed E-state index contributed by atoms with van der Waals surface area (Å²) in [6, 6.07) is 0. The van der Waals surface area contributed by atoms with E-state index < -0.39 is 15.8 Å². The van der Waals surface area contributed by atoms with Crippen molar-refractivity contribution in [3.63, 3.8) is 0 Å². The van der Waals surface area contributed by atoms with Gasteiger partial charge in [0.2, 0.25) is 0 Å². The van der Waals surface area contributed by atoms with E-state index >= 15 is 0 Å². The number of hydrogen-bond donors (Lipinski definition) is 1. The number of aliphatic hydroxyl groups is 1. The van der Waals surface area contributed by atoms with Crippen LogP contribution < -0.4 is 0 Å². The predicted octanol–water partition coefficient (Wildman–Crippen LogP) is 1.54. The van der Waals surface area contributed by atoms with Crippen LogP contribution in [0, 0.1) is 5.92 Å². The summed E-state index contributed by atoms with van der Waals surface area (Å²) in [6.45, 7) is 2.31. The highest BCUT2D eigenvalue weighted by atomic mass is 32.2. The van der Waals surface area contributed by atoms with Gasteiger partial charge in [-0.15, -0.1) is 0 Å². The Balaban J connectivity index is 2.13. The normalized spacial score (nSPS) is 30.4. The van der Waals surface area contributed by atoms with Crippen molar-refractivity contribution in [3.8, 4) is 0 Å². The van der Waals surface area contributed by atoms with Crippen molar-refractivity contribution >= 4 is 21.3 Å². The number of aliphatic hydroxyl groups excluding tert-OH is 1. The number of rotatable bonds is 4. The zero-order chi connectivity index (χ0) is 13.2. The summed E-state index contributed by atoms with van der Waals surface area (Å²) >= 11 is 0. The molecule has 0 aromatic heterocycles. The van der Waals surface area contributed by atoms with Gasteiger partial charge in [-0.05, 0) is 25.7 Å². The van der Waals surface area contributed by atoms with Crippen LogP contribution in [0.15, 0.2) is 15.7 Å². The van der Waals surface area contributed by atoms with Crippen LogP contribution in [0.2, 0.25) is 0 Å². The molecule has 1 saturated carbocycles. The van der Waals surface area contributed by atoms with E-state index in [9.17, 15) is 9.32 Å². The second-order valence-corrected chi connectivity index (χ2v) is 7.34. The molecular weight excluding hydrogens is 250 g/mol. The van der Waals surface area contributed by atoms with Crippen molar-refractivity contribution in [1.82, 2.24) is 0 Å². The third-order valence-corrected chi connectivity index (χ3v) is 4.59. The molecule has 2 atom stereocenters. The van der Waals surface area contributed by atoms with Crippen LogP contribution in [0.3, 0.4) is 0 Å². The molecule has 0 saturated heterocycles. The predicted molar refractivity (Wildman–Crippen MR) is 75.2 cm³/mol.